The number of nitrogens with one attached hydrogen (secondary N) is 2. The molecule has 1 aliphatic heterocycles. The fourth-order valence-electron chi connectivity index (χ4n) is 2.27. The number of carbonyl (C=O) groups excluding carboxylic acids is 1. The molecule has 2 aromatic carbocycles. The monoisotopic (exact) mass is 295 g/mol. The third-order valence-corrected chi connectivity index (χ3v) is 3.42. The summed E-state index contributed by atoms with van der Waals surface area (Å²) in [4.78, 5) is 16.6. The van der Waals surface area contributed by atoms with Gasteiger partial charge < -0.3 is 15.4 Å². The lowest BCUT2D eigenvalue weighted by Gasteiger charge is -2.08. The van der Waals surface area contributed by atoms with Crippen LogP contribution in [0.1, 0.15) is 15.9 Å². The van der Waals surface area contributed by atoms with Crippen LogP contribution >= 0.6 is 0 Å². The quantitative estimate of drug-likeness (QED) is 0.909. The molecule has 22 heavy (non-hydrogen) atoms. The van der Waals surface area contributed by atoms with Gasteiger partial charge in [0.1, 0.15) is 11.6 Å². The van der Waals surface area contributed by atoms with E-state index in [0.29, 0.717) is 11.3 Å². The number of anilines is 1. The molecule has 0 saturated heterocycles. The minimum absolute atomic E-state index is 0.164. The van der Waals surface area contributed by atoms with Crippen molar-refractivity contribution in [3.63, 3.8) is 0 Å². The van der Waals surface area contributed by atoms with E-state index in [-0.39, 0.29) is 5.91 Å². The predicted molar refractivity (Wildman–Crippen MR) is 86.8 cm³/mol. The van der Waals surface area contributed by atoms with Crippen LogP contribution in [0.2, 0.25) is 0 Å². The van der Waals surface area contributed by atoms with Crippen molar-refractivity contribution in [3.05, 3.63) is 59.7 Å². The molecule has 0 bridgehead atoms. The highest BCUT2D eigenvalue weighted by molar-refractivity contribution is 6.05. The molecular formula is C17H17N3O2. The Bertz CT molecular complexity index is 708. The summed E-state index contributed by atoms with van der Waals surface area (Å²) in [6.45, 7) is 1.69. The van der Waals surface area contributed by atoms with E-state index in [2.05, 4.69) is 15.6 Å². The second-order valence-electron chi connectivity index (χ2n) is 4.92. The number of carbonyl (C=O) groups is 1. The Morgan fingerprint density at radius 1 is 1.23 bits per heavy atom. The van der Waals surface area contributed by atoms with E-state index in [4.69, 9.17) is 4.74 Å². The summed E-state index contributed by atoms with van der Waals surface area (Å²) in [5, 5.41) is 6.09. The summed E-state index contributed by atoms with van der Waals surface area (Å²) < 4.78 is 5.13. The summed E-state index contributed by atoms with van der Waals surface area (Å²) in [6.07, 6.45) is 0. The maximum atomic E-state index is 12.2. The summed E-state index contributed by atoms with van der Waals surface area (Å²) in [6, 6.07) is 14.7. The molecule has 0 fully saturated rings. The van der Waals surface area contributed by atoms with Gasteiger partial charge in [-0.3, -0.25) is 9.79 Å². The number of hydrogen-bond acceptors (Lipinski definition) is 4. The molecule has 112 valence electrons. The van der Waals surface area contributed by atoms with Crippen molar-refractivity contribution in [1.82, 2.24) is 5.32 Å². The smallest absolute Gasteiger partial charge is 0.255 e. The molecule has 0 atom stereocenters. The first-order chi connectivity index (χ1) is 10.8. The highest BCUT2D eigenvalue weighted by Gasteiger charge is 2.09. The van der Waals surface area contributed by atoms with Crippen LogP contribution in [0.25, 0.3) is 0 Å². The zero-order chi connectivity index (χ0) is 15.4. The molecular weight excluding hydrogens is 278 g/mol. The topological polar surface area (TPSA) is 62.7 Å². The molecule has 5 heteroatoms. The summed E-state index contributed by atoms with van der Waals surface area (Å²) in [7, 11) is 1.58. The van der Waals surface area contributed by atoms with Crippen molar-refractivity contribution in [1.29, 1.82) is 0 Å². The number of nitrogens with zero attached hydrogens (tertiary/aromatic N) is 1. The number of ether oxygens (including phenoxy) is 1. The molecule has 2 aromatic rings. The lowest BCUT2D eigenvalue weighted by molar-refractivity contribution is 0.102. The van der Waals surface area contributed by atoms with Crippen molar-refractivity contribution in [2.24, 2.45) is 4.99 Å². The molecule has 0 radical (unpaired) electrons. The summed E-state index contributed by atoms with van der Waals surface area (Å²) in [5.41, 5.74) is 2.33. The van der Waals surface area contributed by atoms with Crippen LogP contribution < -0.4 is 15.4 Å². The molecule has 1 amide bonds. The molecule has 0 aromatic heterocycles. The third kappa shape index (κ3) is 3.09. The van der Waals surface area contributed by atoms with Gasteiger partial charge in [-0.05, 0) is 42.5 Å². The Labute approximate surface area is 129 Å². The van der Waals surface area contributed by atoms with Crippen molar-refractivity contribution >= 4 is 17.4 Å². The molecule has 5 nitrogen and oxygen atoms in total. The third-order valence-electron chi connectivity index (χ3n) is 3.42. The summed E-state index contributed by atoms with van der Waals surface area (Å²) in [5.74, 6) is 1.40. The minimum atomic E-state index is -0.164. The van der Waals surface area contributed by atoms with E-state index in [9.17, 15) is 4.79 Å². The highest BCUT2D eigenvalue weighted by Crippen LogP contribution is 2.16. The van der Waals surface area contributed by atoms with Crippen molar-refractivity contribution in [3.8, 4) is 5.75 Å². The van der Waals surface area contributed by atoms with Crippen molar-refractivity contribution in [2.75, 3.05) is 25.5 Å². The molecule has 0 aliphatic carbocycles. The Hall–Kier alpha value is -2.82. The fraction of sp³-hybridized carbons (Fsp3) is 0.176. The molecule has 3 rings (SSSR count). The number of hydrogen-bond donors (Lipinski definition) is 2. The SMILES string of the molecule is COc1cccc(C(=O)Nc2ccc(C3=NCCN3)cc2)c1. The average molecular weight is 295 g/mol. The number of amides is 1. The van der Waals surface area contributed by atoms with Gasteiger partial charge in [0.05, 0.1) is 13.7 Å². The highest BCUT2D eigenvalue weighted by atomic mass is 16.5. The first-order valence-corrected chi connectivity index (χ1v) is 7.10. The van der Waals surface area contributed by atoms with Crippen LogP contribution in [0, 0.1) is 0 Å². The molecule has 1 heterocycles. The van der Waals surface area contributed by atoms with Gasteiger partial charge in [0.15, 0.2) is 0 Å². The number of amidine groups is 1. The number of rotatable bonds is 4. The van der Waals surface area contributed by atoms with Gasteiger partial charge in [-0.1, -0.05) is 6.07 Å². The van der Waals surface area contributed by atoms with Crippen LogP contribution in [0.15, 0.2) is 53.5 Å². The van der Waals surface area contributed by atoms with Gasteiger partial charge in [-0.2, -0.15) is 0 Å². The van der Waals surface area contributed by atoms with Crippen LogP contribution in [0.3, 0.4) is 0 Å². The molecule has 1 aliphatic rings. The molecule has 0 saturated carbocycles. The first kappa shape index (κ1) is 14.1. The van der Waals surface area contributed by atoms with Crippen LogP contribution in [0.5, 0.6) is 5.75 Å². The zero-order valence-corrected chi connectivity index (χ0v) is 12.3. The van der Waals surface area contributed by atoms with Crippen LogP contribution in [-0.4, -0.2) is 31.9 Å². The molecule has 0 spiro atoms. The molecule has 2 N–H and O–H groups in total. The van der Waals surface area contributed by atoms with E-state index in [1.165, 1.54) is 0 Å². The first-order valence-electron chi connectivity index (χ1n) is 7.10. The Balaban J connectivity index is 1.71. The molecule has 0 unspecified atom stereocenters. The number of benzene rings is 2. The summed E-state index contributed by atoms with van der Waals surface area (Å²) >= 11 is 0. The Morgan fingerprint density at radius 2 is 2.05 bits per heavy atom. The van der Waals surface area contributed by atoms with Gasteiger partial charge in [0.25, 0.3) is 5.91 Å². The van der Waals surface area contributed by atoms with Crippen LogP contribution in [0.4, 0.5) is 5.69 Å². The van der Waals surface area contributed by atoms with E-state index in [1.807, 2.05) is 24.3 Å². The minimum Gasteiger partial charge on any atom is -0.497 e. The van der Waals surface area contributed by atoms with E-state index in [1.54, 1.807) is 31.4 Å². The second-order valence-corrected chi connectivity index (χ2v) is 4.92. The maximum Gasteiger partial charge on any atom is 0.255 e. The lowest BCUT2D eigenvalue weighted by Crippen LogP contribution is -2.19. The standard InChI is InChI=1S/C17H17N3O2/c1-22-15-4-2-3-13(11-15)17(21)20-14-7-5-12(6-8-14)16-18-9-10-19-16/h2-8,11H,9-10H2,1H3,(H,18,19)(H,20,21). The van der Waals surface area contributed by atoms with E-state index < -0.39 is 0 Å². The normalized spacial score (nSPS) is 13.2. The average Bonchev–Trinajstić information content (AvgIpc) is 3.10. The zero-order valence-electron chi connectivity index (χ0n) is 12.3. The maximum absolute atomic E-state index is 12.2. The van der Waals surface area contributed by atoms with Crippen LogP contribution in [-0.2, 0) is 0 Å². The number of methoxy groups -OCH3 is 1. The fourth-order valence-corrected chi connectivity index (χ4v) is 2.27. The van der Waals surface area contributed by atoms with Gasteiger partial charge in [0.2, 0.25) is 0 Å². The van der Waals surface area contributed by atoms with Gasteiger partial charge in [-0.15, -0.1) is 0 Å². The lowest BCUT2D eigenvalue weighted by atomic mass is 10.1. The second kappa shape index (κ2) is 6.30. The Kier molecular flexibility index (Phi) is 4.05. The van der Waals surface area contributed by atoms with E-state index >= 15 is 0 Å². The van der Waals surface area contributed by atoms with E-state index in [0.717, 1.165) is 30.2 Å². The van der Waals surface area contributed by atoms with Crippen molar-refractivity contribution < 1.29 is 9.53 Å². The van der Waals surface area contributed by atoms with Gasteiger partial charge in [0, 0.05) is 23.4 Å². The Morgan fingerprint density at radius 3 is 2.73 bits per heavy atom. The van der Waals surface area contributed by atoms with Gasteiger partial charge >= 0.3 is 0 Å². The van der Waals surface area contributed by atoms with Gasteiger partial charge in [-0.25, -0.2) is 0 Å². The predicted octanol–water partition coefficient (Wildman–Crippen LogP) is 2.30. The van der Waals surface area contributed by atoms with Crippen molar-refractivity contribution in [2.45, 2.75) is 0 Å². The largest absolute Gasteiger partial charge is 0.497 e. The number of aliphatic imine (C=N–C) groups is 1.